The molecule has 0 radical (unpaired) electrons. The zero-order valence-electron chi connectivity index (χ0n) is 18.7. The van der Waals surface area contributed by atoms with E-state index in [2.05, 4.69) is 32.0 Å². The lowest BCUT2D eigenvalue weighted by Gasteiger charge is -2.71. The monoisotopic (exact) mass is 422 g/mol. The average molecular weight is 423 g/mol. The van der Waals surface area contributed by atoms with Crippen molar-refractivity contribution < 1.29 is 19.8 Å². The van der Waals surface area contributed by atoms with Gasteiger partial charge in [0.1, 0.15) is 11.6 Å². The minimum Gasteiger partial charge on any atom is -0.389 e. The van der Waals surface area contributed by atoms with Gasteiger partial charge in [-0.05, 0) is 73.5 Å². The predicted octanol–water partition coefficient (Wildman–Crippen LogP) is 3.89. The third-order valence-electron chi connectivity index (χ3n) is 10.7. The molecule has 4 heteroatoms. The van der Waals surface area contributed by atoms with E-state index < -0.39 is 16.6 Å². The molecule has 5 aliphatic rings. The van der Waals surface area contributed by atoms with Crippen LogP contribution < -0.4 is 0 Å². The highest BCUT2D eigenvalue weighted by Gasteiger charge is 2.77. The Bertz CT molecular complexity index is 999. The van der Waals surface area contributed by atoms with Gasteiger partial charge >= 0.3 is 0 Å². The molecule has 0 amide bonds. The number of aliphatic hydroxyl groups is 2. The molecule has 4 nitrogen and oxygen atoms in total. The first-order chi connectivity index (χ1) is 14.7. The molecule has 0 heterocycles. The molecule has 31 heavy (non-hydrogen) atoms. The van der Waals surface area contributed by atoms with Crippen molar-refractivity contribution in [3.63, 3.8) is 0 Å². The number of Topliss-reactive ketones (excluding diaryl/α,β-unsaturated/α-hetero) is 2. The quantitative estimate of drug-likeness (QED) is 0.720. The molecule has 0 saturated heterocycles. The Hall–Kier alpha value is -1.52. The van der Waals surface area contributed by atoms with Crippen LogP contribution in [0.4, 0.5) is 0 Å². The summed E-state index contributed by atoms with van der Waals surface area (Å²) in [6, 6.07) is 6.61. The molecule has 1 aromatic rings. The second kappa shape index (κ2) is 6.08. The van der Waals surface area contributed by atoms with E-state index in [0.29, 0.717) is 50.7 Å². The van der Waals surface area contributed by atoms with Crippen molar-refractivity contribution in [2.45, 2.75) is 95.2 Å². The van der Waals surface area contributed by atoms with Crippen molar-refractivity contribution in [1.29, 1.82) is 0 Å². The van der Waals surface area contributed by atoms with Crippen LogP contribution >= 0.6 is 0 Å². The fraction of sp³-hybridized carbons (Fsp3) is 0.704. The van der Waals surface area contributed by atoms with Crippen LogP contribution in [0.25, 0.3) is 0 Å². The van der Waals surface area contributed by atoms with Gasteiger partial charge in [-0.2, -0.15) is 0 Å². The van der Waals surface area contributed by atoms with Crippen LogP contribution in [0.3, 0.4) is 0 Å². The van der Waals surface area contributed by atoms with Crippen molar-refractivity contribution in [3.05, 3.63) is 34.9 Å². The van der Waals surface area contributed by atoms with Crippen LogP contribution in [-0.2, 0) is 22.4 Å². The smallest absolute Gasteiger partial charge is 0.139 e. The van der Waals surface area contributed by atoms with Gasteiger partial charge in [-0.25, -0.2) is 0 Å². The molecule has 7 atom stereocenters. The molecule has 4 fully saturated rings. The predicted molar refractivity (Wildman–Crippen MR) is 117 cm³/mol. The lowest BCUT2D eigenvalue weighted by Crippen LogP contribution is -2.76. The van der Waals surface area contributed by atoms with Gasteiger partial charge in [-0.1, -0.05) is 32.0 Å². The normalized spacial score (nSPS) is 47.9. The molecule has 2 N–H and O–H groups in total. The van der Waals surface area contributed by atoms with Crippen LogP contribution in [0.2, 0.25) is 0 Å². The second-order valence-corrected chi connectivity index (χ2v) is 11.6. The summed E-state index contributed by atoms with van der Waals surface area (Å²) >= 11 is 0. The maximum Gasteiger partial charge on any atom is 0.139 e. The minimum atomic E-state index is -1.15. The largest absolute Gasteiger partial charge is 0.389 e. The molecular formula is C27H34O4. The van der Waals surface area contributed by atoms with E-state index in [-0.39, 0.29) is 35.4 Å². The van der Waals surface area contributed by atoms with Crippen molar-refractivity contribution >= 4 is 11.6 Å². The van der Waals surface area contributed by atoms with E-state index in [0.717, 1.165) is 12.8 Å². The van der Waals surface area contributed by atoms with Gasteiger partial charge in [-0.3, -0.25) is 9.59 Å². The summed E-state index contributed by atoms with van der Waals surface area (Å²) in [6.45, 7) is 4.29. The number of hydrogen-bond acceptors (Lipinski definition) is 4. The Kier molecular flexibility index (Phi) is 3.94. The standard InChI is InChI=1S/C27H34O4/c1-3-16-4-5-19-17(12-16)13-25-10-8-18(28)14-26(25,30)11-9-21-20-6-7-23(29)24(20,2)15-22(19)27(21,25)31/h4-5,12,20-22,30-31H,3,6-11,13-15H2,1-2H3/t20-,21-,22?,24-,25+,26+,27-/m0/s1. The van der Waals surface area contributed by atoms with Crippen molar-refractivity contribution in [2.75, 3.05) is 0 Å². The number of ketones is 2. The molecule has 6 rings (SSSR count). The fourth-order valence-corrected chi connectivity index (χ4v) is 9.17. The van der Waals surface area contributed by atoms with Crippen LogP contribution in [0, 0.1) is 22.7 Å². The molecular weight excluding hydrogens is 388 g/mol. The number of aryl methyl sites for hydroxylation is 1. The van der Waals surface area contributed by atoms with Gasteiger partial charge in [0.25, 0.3) is 0 Å². The van der Waals surface area contributed by atoms with E-state index in [1.54, 1.807) is 0 Å². The van der Waals surface area contributed by atoms with Gasteiger partial charge in [0.2, 0.25) is 0 Å². The van der Waals surface area contributed by atoms with Crippen LogP contribution in [0.15, 0.2) is 18.2 Å². The van der Waals surface area contributed by atoms with Crippen molar-refractivity contribution in [3.8, 4) is 0 Å². The number of carbonyl (C=O) groups excluding carboxylic acids is 2. The minimum absolute atomic E-state index is 0.00942. The zero-order valence-corrected chi connectivity index (χ0v) is 18.7. The second-order valence-electron chi connectivity index (χ2n) is 11.6. The number of rotatable bonds is 1. The Labute approximate surface area is 184 Å². The van der Waals surface area contributed by atoms with Gasteiger partial charge in [-0.15, -0.1) is 0 Å². The molecule has 5 aliphatic carbocycles. The Morgan fingerprint density at radius 2 is 1.84 bits per heavy atom. The third-order valence-corrected chi connectivity index (χ3v) is 10.7. The fourth-order valence-electron chi connectivity index (χ4n) is 9.17. The molecule has 166 valence electrons. The molecule has 1 unspecified atom stereocenters. The van der Waals surface area contributed by atoms with Crippen LogP contribution in [-0.4, -0.2) is 33.0 Å². The summed E-state index contributed by atoms with van der Waals surface area (Å²) < 4.78 is 0. The Morgan fingerprint density at radius 3 is 2.61 bits per heavy atom. The number of benzene rings is 1. The van der Waals surface area contributed by atoms with E-state index in [4.69, 9.17) is 0 Å². The van der Waals surface area contributed by atoms with Crippen molar-refractivity contribution in [1.82, 2.24) is 0 Å². The number of carbonyl (C=O) groups is 2. The van der Waals surface area contributed by atoms with Gasteiger partial charge < -0.3 is 10.2 Å². The van der Waals surface area contributed by atoms with Gasteiger partial charge in [0.05, 0.1) is 11.2 Å². The lowest BCUT2D eigenvalue weighted by molar-refractivity contribution is -0.297. The molecule has 0 aromatic heterocycles. The number of fused-ring (bicyclic) bond motifs is 4. The summed E-state index contributed by atoms with van der Waals surface area (Å²) in [4.78, 5) is 25.6. The molecule has 4 saturated carbocycles. The van der Waals surface area contributed by atoms with E-state index in [9.17, 15) is 19.8 Å². The summed E-state index contributed by atoms with van der Waals surface area (Å²) in [5.41, 5.74) is 0.360. The summed E-state index contributed by atoms with van der Waals surface area (Å²) in [5.74, 6) is 0.504. The topological polar surface area (TPSA) is 74.6 Å². The highest BCUT2D eigenvalue weighted by atomic mass is 16.3. The first kappa shape index (κ1) is 20.1. The maximum atomic E-state index is 13.1. The first-order valence-corrected chi connectivity index (χ1v) is 12.3. The Balaban J connectivity index is 1.62. The van der Waals surface area contributed by atoms with E-state index in [1.807, 2.05) is 0 Å². The zero-order chi connectivity index (χ0) is 21.8. The summed E-state index contributed by atoms with van der Waals surface area (Å²) in [7, 11) is 0. The SMILES string of the molecule is CCc1ccc2c(c1)C[C@]13CCC(=O)C[C@]1(O)CC[C@H]1[C@@H]4CCC(=O)[C@@]4(C)CC2[C@@]13O. The number of hydrogen-bond donors (Lipinski definition) is 2. The third kappa shape index (κ3) is 2.19. The molecule has 0 aliphatic heterocycles. The van der Waals surface area contributed by atoms with Crippen LogP contribution in [0.1, 0.15) is 87.8 Å². The highest BCUT2D eigenvalue weighted by Crippen LogP contribution is 2.74. The highest BCUT2D eigenvalue weighted by molar-refractivity contribution is 5.87. The molecule has 0 bridgehead atoms. The molecule has 1 aromatic carbocycles. The maximum absolute atomic E-state index is 13.1. The first-order valence-electron chi connectivity index (χ1n) is 12.3. The lowest BCUT2D eigenvalue weighted by atomic mass is 9.35. The van der Waals surface area contributed by atoms with Gasteiger partial charge in [0.15, 0.2) is 0 Å². The molecule has 1 spiro atoms. The summed E-state index contributed by atoms with van der Waals surface area (Å²) in [5, 5.41) is 24.9. The average Bonchev–Trinajstić information content (AvgIpc) is 3.02. The van der Waals surface area contributed by atoms with E-state index in [1.165, 1.54) is 16.7 Å². The summed E-state index contributed by atoms with van der Waals surface area (Å²) in [6.07, 6.45) is 6.12. The Morgan fingerprint density at radius 1 is 1.03 bits per heavy atom. The van der Waals surface area contributed by atoms with Crippen LogP contribution in [0.5, 0.6) is 0 Å². The van der Waals surface area contributed by atoms with E-state index >= 15 is 0 Å². The van der Waals surface area contributed by atoms with Gasteiger partial charge in [0, 0.05) is 36.0 Å². The van der Waals surface area contributed by atoms with Crippen molar-refractivity contribution in [2.24, 2.45) is 22.7 Å².